The summed E-state index contributed by atoms with van der Waals surface area (Å²) in [6.45, 7) is 1.82. The number of aliphatic hydroxyl groups excluding tert-OH is 1. The van der Waals surface area contributed by atoms with Crippen LogP contribution in [0.15, 0.2) is 24.3 Å². The fraction of sp³-hybridized carbons (Fsp3) is 0.611. The maximum atomic E-state index is 11.6. The van der Waals surface area contributed by atoms with Gasteiger partial charge in [0.25, 0.3) is 5.91 Å². The number of ether oxygens (including phenoxy) is 1. The van der Waals surface area contributed by atoms with Crippen LogP contribution in [0.5, 0.6) is 0 Å². The monoisotopic (exact) mass is 318 g/mol. The van der Waals surface area contributed by atoms with Gasteiger partial charge in [0.1, 0.15) is 0 Å². The highest BCUT2D eigenvalue weighted by Gasteiger charge is 2.50. The first kappa shape index (κ1) is 16.4. The quantitative estimate of drug-likeness (QED) is 0.884. The number of aliphatic hydroxyl groups is 1. The zero-order chi connectivity index (χ0) is 16.4. The van der Waals surface area contributed by atoms with Crippen LogP contribution in [0.1, 0.15) is 41.6 Å². The van der Waals surface area contributed by atoms with Crippen LogP contribution in [-0.2, 0) is 11.3 Å². The smallest absolute Gasteiger partial charge is 0.251 e. The van der Waals surface area contributed by atoms with E-state index in [1.807, 2.05) is 24.3 Å². The van der Waals surface area contributed by atoms with E-state index in [1.165, 1.54) is 5.56 Å². The van der Waals surface area contributed by atoms with Crippen LogP contribution in [0, 0.1) is 0 Å². The molecule has 0 radical (unpaired) electrons. The highest BCUT2D eigenvalue weighted by atomic mass is 16.5. The third-order valence-electron chi connectivity index (χ3n) is 5.50. The minimum atomic E-state index is -0.223. The summed E-state index contributed by atoms with van der Waals surface area (Å²) in [5, 5.41) is 12.7. The molecule has 0 unspecified atom stereocenters. The first-order chi connectivity index (χ1) is 11.1. The SMILES string of the molecule is CNC(=O)c1ccc(CN2CC[C@]3(OC)CC[C@H](O)C[C@H]23)cc1. The Morgan fingerprint density at radius 2 is 2.13 bits per heavy atom. The molecule has 1 amide bonds. The molecule has 2 fully saturated rings. The lowest BCUT2D eigenvalue weighted by atomic mass is 9.79. The molecule has 3 rings (SSSR count). The van der Waals surface area contributed by atoms with E-state index >= 15 is 0 Å². The Morgan fingerprint density at radius 3 is 2.78 bits per heavy atom. The fourth-order valence-corrected chi connectivity index (χ4v) is 4.10. The fourth-order valence-electron chi connectivity index (χ4n) is 4.10. The number of hydrogen-bond donors (Lipinski definition) is 2. The predicted octanol–water partition coefficient (Wildman–Crippen LogP) is 1.55. The number of nitrogens with zero attached hydrogens (tertiary/aromatic N) is 1. The van der Waals surface area contributed by atoms with Crippen LogP contribution < -0.4 is 5.32 Å². The van der Waals surface area contributed by atoms with E-state index in [4.69, 9.17) is 4.74 Å². The van der Waals surface area contributed by atoms with Crippen molar-refractivity contribution >= 4 is 5.91 Å². The first-order valence-electron chi connectivity index (χ1n) is 8.36. The Morgan fingerprint density at radius 1 is 1.39 bits per heavy atom. The number of nitrogens with one attached hydrogen (secondary N) is 1. The minimum Gasteiger partial charge on any atom is -0.393 e. The lowest BCUT2D eigenvalue weighted by molar-refractivity contribution is -0.0879. The van der Waals surface area contributed by atoms with Crippen molar-refractivity contribution in [1.82, 2.24) is 10.2 Å². The molecule has 2 N–H and O–H groups in total. The minimum absolute atomic E-state index is 0.0634. The molecule has 126 valence electrons. The van der Waals surface area contributed by atoms with Gasteiger partial charge in [-0.3, -0.25) is 9.69 Å². The van der Waals surface area contributed by atoms with Gasteiger partial charge in [0.2, 0.25) is 0 Å². The van der Waals surface area contributed by atoms with Crippen molar-refractivity contribution < 1.29 is 14.6 Å². The molecular weight excluding hydrogens is 292 g/mol. The number of carbonyl (C=O) groups is 1. The maximum Gasteiger partial charge on any atom is 0.251 e. The van der Waals surface area contributed by atoms with Crippen molar-refractivity contribution in [3.63, 3.8) is 0 Å². The second-order valence-electron chi connectivity index (χ2n) is 6.71. The highest BCUT2D eigenvalue weighted by Crippen LogP contribution is 2.42. The number of likely N-dealkylation sites (tertiary alicyclic amines) is 1. The van der Waals surface area contributed by atoms with Gasteiger partial charge >= 0.3 is 0 Å². The number of carbonyl (C=O) groups excluding carboxylic acids is 1. The third-order valence-corrected chi connectivity index (χ3v) is 5.50. The average Bonchev–Trinajstić information content (AvgIpc) is 2.93. The van der Waals surface area contributed by atoms with E-state index in [2.05, 4.69) is 10.2 Å². The van der Waals surface area contributed by atoms with Crippen molar-refractivity contribution in [3.05, 3.63) is 35.4 Å². The molecule has 2 aliphatic rings. The molecule has 1 aliphatic carbocycles. The van der Waals surface area contributed by atoms with Crippen molar-refractivity contribution in [2.45, 2.75) is 50.0 Å². The van der Waals surface area contributed by atoms with Crippen LogP contribution in [-0.4, -0.2) is 54.4 Å². The third kappa shape index (κ3) is 3.13. The normalized spacial score (nSPS) is 30.9. The second-order valence-corrected chi connectivity index (χ2v) is 6.71. The lowest BCUT2D eigenvalue weighted by Crippen LogP contribution is -2.51. The molecule has 0 aromatic heterocycles. The van der Waals surface area contributed by atoms with E-state index in [9.17, 15) is 9.90 Å². The Kier molecular flexibility index (Phi) is 4.71. The van der Waals surface area contributed by atoms with E-state index < -0.39 is 0 Å². The van der Waals surface area contributed by atoms with E-state index in [1.54, 1.807) is 14.2 Å². The molecule has 1 aliphatic heterocycles. The molecule has 5 heteroatoms. The van der Waals surface area contributed by atoms with Crippen LogP contribution >= 0.6 is 0 Å². The zero-order valence-corrected chi connectivity index (χ0v) is 13.9. The van der Waals surface area contributed by atoms with Gasteiger partial charge in [0, 0.05) is 38.9 Å². The number of fused-ring (bicyclic) bond motifs is 1. The molecule has 1 heterocycles. The Labute approximate surface area is 137 Å². The van der Waals surface area contributed by atoms with Gasteiger partial charge in [0.05, 0.1) is 11.7 Å². The summed E-state index contributed by atoms with van der Waals surface area (Å²) in [5.74, 6) is -0.0634. The number of rotatable bonds is 4. The molecule has 1 aromatic carbocycles. The lowest BCUT2D eigenvalue weighted by Gasteiger charge is -2.42. The molecule has 0 spiro atoms. The second kappa shape index (κ2) is 6.59. The summed E-state index contributed by atoms with van der Waals surface area (Å²) in [4.78, 5) is 14.0. The van der Waals surface area contributed by atoms with E-state index in [-0.39, 0.29) is 23.7 Å². The van der Waals surface area contributed by atoms with Gasteiger partial charge in [0.15, 0.2) is 0 Å². The summed E-state index contributed by atoms with van der Waals surface area (Å²) in [5.41, 5.74) is 1.77. The number of amides is 1. The van der Waals surface area contributed by atoms with Crippen LogP contribution in [0.4, 0.5) is 0 Å². The van der Waals surface area contributed by atoms with E-state index in [0.717, 1.165) is 38.8 Å². The van der Waals surface area contributed by atoms with Crippen LogP contribution in [0.2, 0.25) is 0 Å². The summed E-state index contributed by atoms with van der Waals surface area (Å²) < 4.78 is 5.88. The molecule has 1 saturated carbocycles. The van der Waals surface area contributed by atoms with Crippen molar-refractivity contribution in [1.29, 1.82) is 0 Å². The number of hydrogen-bond acceptors (Lipinski definition) is 4. The summed E-state index contributed by atoms with van der Waals surface area (Å²) in [6.07, 6.45) is 3.35. The van der Waals surface area contributed by atoms with Crippen molar-refractivity contribution in [3.8, 4) is 0 Å². The summed E-state index contributed by atoms with van der Waals surface area (Å²) in [6, 6.07) is 8.02. The van der Waals surface area contributed by atoms with Crippen LogP contribution in [0.3, 0.4) is 0 Å². The number of benzene rings is 1. The first-order valence-corrected chi connectivity index (χ1v) is 8.36. The molecule has 3 atom stereocenters. The molecule has 23 heavy (non-hydrogen) atoms. The molecule has 1 saturated heterocycles. The van der Waals surface area contributed by atoms with Crippen molar-refractivity contribution in [2.24, 2.45) is 0 Å². The van der Waals surface area contributed by atoms with Gasteiger partial charge < -0.3 is 15.2 Å². The van der Waals surface area contributed by atoms with Gasteiger partial charge in [-0.25, -0.2) is 0 Å². The largest absolute Gasteiger partial charge is 0.393 e. The molecule has 5 nitrogen and oxygen atoms in total. The summed E-state index contributed by atoms with van der Waals surface area (Å²) in [7, 11) is 3.44. The molecule has 0 bridgehead atoms. The molecule has 1 aromatic rings. The Bertz CT molecular complexity index is 560. The highest BCUT2D eigenvalue weighted by molar-refractivity contribution is 5.93. The summed E-state index contributed by atoms with van der Waals surface area (Å²) >= 11 is 0. The number of methoxy groups -OCH3 is 1. The predicted molar refractivity (Wildman–Crippen MR) is 88.2 cm³/mol. The average molecular weight is 318 g/mol. The van der Waals surface area contributed by atoms with Gasteiger partial charge in [-0.05, 0) is 43.4 Å². The van der Waals surface area contributed by atoms with Gasteiger partial charge in [-0.2, -0.15) is 0 Å². The standard InChI is InChI=1S/C18H26N2O3/c1-19-17(22)14-5-3-13(4-6-14)12-20-10-9-18(23-2)8-7-15(21)11-16(18)20/h3-6,15-16,21H,7-12H2,1-2H3,(H,19,22)/t15-,16-,18+/m0/s1. The molecular formula is C18H26N2O3. The van der Waals surface area contributed by atoms with Gasteiger partial charge in [-0.1, -0.05) is 12.1 Å². The van der Waals surface area contributed by atoms with Crippen LogP contribution in [0.25, 0.3) is 0 Å². The topological polar surface area (TPSA) is 61.8 Å². The Balaban J connectivity index is 1.71. The zero-order valence-electron chi connectivity index (χ0n) is 13.9. The van der Waals surface area contributed by atoms with Crippen molar-refractivity contribution in [2.75, 3.05) is 20.7 Å². The van der Waals surface area contributed by atoms with Gasteiger partial charge in [-0.15, -0.1) is 0 Å². The maximum absolute atomic E-state index is 11.6. The van der Waals surface area contributed by atoms with E-state index in [0.29, 0.717) is 5.56 Å². The Hall–Kier alpha value is -1.43.